The van der Waals surface area contributed by atoms with Gasteiger partial charge in [-0.05, 0) is 31.1 Å². The number of hydrogen-bond donors (Lipinski definition) is 1. The highest BCUT2D eigenvalue weighted by atomic mass is 35.5. The highest BCUT2D eigenvalue weighted by Gasteiger charge is 2.45. The fourth-order valence-corrected chi connectivity index (χ4v) is 2.42. The van der Waals surface area contributed by atoms with Crippen molar-refractivity contribution in [3.8, 4) is 0 Å². The number of nitrogens with one attached hydrogen (secondary N) is 1. The Balaban J connectivity index is 2.16. The Kier molecular flexibility index (Phi) is 3.57. The van der Waals surface area contributed by atoms with Crippen molar-refractivity contribution in [3.05, 3.63) is 16.5 Å². The Morgan fingerprint density at radius 3 is 2.61 bits per heavy atom. The van der Waals surface area contributed by atoms with Gasteiger partial charge < -0.3 is 5.32 Å². The van der Waals surface area contributed by atoms with Crippen LogP contribution in [-0.2, 0) is 0 Å². The van der Waals surface area contributed by atoms with Crippen molar-refractivity contribution >= 4 is 23.7 Å². The molecule has 1 aromatic rings. The molecular formula is C13H18ClN3O. The first-order valence-corrected chi connectivity index (χ1v) is 6.59. The normalized spacial score (nSPS) is 16.7. The molecule has 1 fully saturated rings. The smallest absolute Gasteiger partial charge is 0.156 e. The first-order valence-electron chi connectivity index (χ1n) is 6.22. The summed E-state index contributed by atoms with van der Waals surface area (Å²) >= 11 is 5.94. The third kappa shape index (κ3) is 2.48. The molecule has 98 valence electrons. The number of nitrogens with zero attached hydrogens (tertiary/aromatic N) is 2. The highest BCUT2D eigenvalue weighted by molar-refractivity contribution is 6.32. The standard InChI is InChI=1S/C13H18ClN3O/c1-8(2)13(4-5-13)7-15-12-10(6-18)11(14)16-9(3)17-12/h6,8H,4-5,7H2,1-3H3,(H,15,16,17). The van der Waals surface area contributed by atoms with E-state index < -0.39 is 0 Å². The number of hydrogen-bond acceptors (Lipinski definition) is 4. The first-order chi connectivity index (χ1) is 8.48. The van der Waals surface area contributed by atoms with Crippen molar-refractivity contribution < 1.29 is 4.79 Å². The van der Waals surface area contributed by atoms with Gasteiger partial charge in [-0.1, -0.05) is 25.4 Å². The molecule has 1 aliphatic rings. The average molecular weight is 268 g/mol. The number of halogens is 1. The van der Waals surface area contributed by atoms with Gasteiger partial charge in [-0.3, -0.25) is 4.79 Å². The quantitative estimate of drug-likeness (QED) is 0.658. The van der Waals surface area contributed by atoms with Crippen LogP contribution < -0.4 is 5.32 Å². The fourth-order valence-electron chi connectivity index (χ4n) is 2.16. The van der Waals surface area contributed by atoms with Crippen molar-refractivity contribution in [2.75, 3.05) is 11.9 Å². The van der Waals surface area contributed by atoms with Crippen molar-refractivity contribution in [1.82, 2.24) is 9.97 Å². The highest BCUT2D eigenvalue weighted by Crippen LogP contribution is 2.51. The molecule has 0 unspecified atom stereocenters. The Labute approximate surface area is 112 Å². The maximum atomic E-state index is 11.0. The summed E-state index contributed by atoms with van der Waals surface area (Å²) in [4.78, 5) is 19.3. The summed E-state index contributed by atoms with van der Waals surface area (Å²) < 4.78 is 0. The second-order valence-corrected chi connectivity index (χ2v) is 5.67. The molecule has 1 heterocycles. The second kappa shape index (κ2) is 4.84. The van der Waals surface area contributed by atoms with Crippen LogP contribution in [0, 0.1) is 18.3 Å². The lowest BCUT2D eigenvalue weighted by Crippen LogP contribution is -2.22. The second-order valence-electron chi connectivity index (χ2n) is 5.31. The van der Waals surface area contributed by atoms with Crippen LogP contribution in [-0.4, -0.2) is 22.8 Å². The van der Waals surface area contributed by atoms with Gasteiger partial charge in [-0.15, -0.1) is 0 Å². The summed E-state index contributed by atoms with van der Waals surface area (Å²) in [7, 11) is 0. The van der Waals surface area contributed by atoms with Crippen LogP contribution >= 0.6 is 11.6 Å². The predicted molar refractivity (Wildman–Crippen MR) is 72.2 cm³/mol. The molecule has 0 atom stereocenters. The van der Waals surface area contributed by atoms with Gasteiger partial charge in [0.15, 0.2) is 6.29 Å². The lowest BCUT2D eigenvalue weighted by molar-refractivity contribution is 0.112. The molecule has 5 heteroatoms. The zero-order valence-corrected chi connectivity index (χ0v) is 11.7. The van der Waals surface area contributed by atoms with Gasteiger partial charge in [0.05, 0.1) is 5.56 Å². The zero-order valence-electron chi connectivity index (χ0n) is 11.0. The number of carbonyl (C=O) groups is 1. The van der Waals surface area contributed by atoms with Crippen molar-refractivity contribution in [1.29, 1.82) is 0 Å². The molecule has 0 aromatic carbocycles. The van der Waals surface area contributed by atoms with Crippen LogP contribution in [0.25, 0.3) is 0 Å². The number of carbonyl (C=O) groups excluding carboxylic acids is 1. The fraction of sp³-hybridized carbons (Fsp3) is 0.615. The van der Waals surface area contributed by atoms with E-state index in [0.717, 1.165) is 6.54 Å². The molecule has 1 aromatic heterocycles. The minimum absolute atomic E-state index is 0.217. The molecule has 0 aliphatic heterocycles. The molecule has 0 radical (unpaired) electrons. The van der Waals surface area contributed by atoms with E-state index in [9.17, 15) is 4.79 Å². The molecule has 1 N–H and O–H groups in total. The van der Waals surface area contributed by atoms with Crippen LogP contribution in [0.15, 0.2) is 0 Å². The Bertz CT molecular complexity index is 470. The Morgan fingerprint density at radius 2 is 2.11 bits per heavy atom. The topological polar surface area (TPSA) is 54.9 Å². The molecule has 0 saturated heterocycles. The van der Waals surface area contributed by atoms with E-state index in [0.29, 0.717) is 34.8 Å². The van der Waals surface area contributed by atoms with Crippen LogP contribution in [0.2, 0.25) is 5.15 Å². The van der Waals surface area contributed by atoms with Crippen LogP contribution in [0.3, 0.4) is 0 Å². The van der Waals surface area contributed by atoms with E-state index in [4.69, 9.17) is 11.6 Å². The third-order valence-electron chi connectivity index (χ3n) is 3.85. The molecule has 2 rings (SSSR count). The molecule has 1 aliphatic carbocycles. The minimum atomic E-state index is 0.217. The molecular weight excluding hydrogens is 250 g/mol. The average Bonchev–Trinajstić information content (AvgIpc) is 3.06. The van der Waals surface area contributed by atoms with Gasteiger partial charge in [-0.25, -0.2) is 9.97 Å². The summed E-state index contributed by atoms with van der Waals surface area (Å²) in [5.41, 5.74) is 0.702. The molecule has 18 heavy (non-hydrogen) atoms. The number of aromatic nitrogens is 2. The van der Waals surface area contributed by atoms with Crippen molar-refractivity contribution in [3.63, 3.8) is 0 Å². The van der Waals surface area contributed by atoms with Gasteiger partial charge >= 0.3 is 0 Å². The summed E-state index contributed by atoms with van der Waals surface area (Å²) in [5.74, 6) is 1.75. The van der Waals surface area contributed by atoms with E-state index in [1.807, 2.05) is 0 Å². The number of rotatable bonds is 5. The third-order valence-corrected chi connectivity index (χ3v) is 4.14. The number of aldehydes is 1. The van der Waals surface area contributed by atoms with Gasteiger partial charge in [-0.2, -0.15) is 0 Å². The summed E-state index contributed by atoms with van der Waals surface area (Å²) in [6.45, 7) is 7.06. The molecule has 1 saturated carbocycles. The first kappa shape index (κ1) is 13.3. The van der Waals surface area contributed by atoms with E-state index in [-0.39, 0.29) is 5.15 Å². The molecule has 0 bridgehead atoms. The van der Waals surface area contributed by atoms with E-state index >= 15 is 0 Å². The summed E-state index contributed by atoms with van der Waals surface area (Å²) in [6.07, 6.45) is 3.16. The van der Waals surface area contributed by atoms with E-state index in [1.54, 1.807) is 6.92 Å². The van der Waals surface area contributed by atoms with Crippen LogP contribution in [0.4, 0.5) is 5.82 Å². The molecule has 0 spiro atoms. The number of aryl methyl sites for hydroxylation is 1. The summed E-state index contributed by atoms with van der Waals surface area (Å²) in [6, 6.07) is 0. The van der Waals surface area contributed by atoms with Gasteiger partial charge in [0, 0.05) is 6.54 Å². The lowest BCUT2D eigenvalue weighted by Gasteiger charge is -2.21. The maximum Gasteiger partial charge on any atom is 0.156 e. The van der Waals surface area contributed by atoms with Gasteiger partial charge in [0.2, 0.25) is 0 Å². The largest absolute Gasteiger partial charge is 0.369 e. The Morgan fingerprint density at radius 1 is 1.44 bits per heavy atom. The van der Waals surface area contributed by atoms with Crippen LogP contribution in [0.5, 0.6) is 0 Å². The molecule has 0 amide bonds. The maximum absolute atomic E-state index is 11.0. The predicted octanol–water partition coefficient (Wildman–Crippen LogP) is 3.10. The SMILES string of the molecule is Cc1nc(Cl)c(C=O)c(NCC2(C(C)C)CC2)n1. The van der Waals surface area contributed by atoms with Crippen molar-refractivity contribution in [2.24, 2.45) is 11.3 Å². The van der Waals surface area contributed by atoms with Gasteiger partial charge in [0.25, 0.3) is 0 Å². The zero-order chi connectivity index (χ0) is 13.3. The van der Waals surface area contributed by atoms with Crippen LogP contribution in [0.1, 0.15) is 42.9 Å². The summed E-state index contributed by atoms with van der Waals surface area (Å²) in [5, 5.41) is 3.48. The molecule has 4 nitrogen and oxygen atoms in total. The monoisotopic (exact) mass is 267 g/mol. The van der Waals surface area contributed by atoms with Gasteiger partial charge in [0.1, 0.15) is 16.8 Å². The lowest BCUT2D eigenvalue weighted by atomic mass is 9.92. The van der Waals surface area contributed by atoms with Crippen molar-refractivity contribution in [2.45, 2.75) is 33.6 Å². The van der Waals surface area contributed by atoms with E-state index in [2.05, 4.69) is 29.1 Å². The van der Waals surface area contributed by atoms with E-state index in [1.165, 1.54) is 12.8 Å². The Hall–Kier alpha value is -1.16. The number of anilines is 1. The minimum Gasteiger partial charge on any atom is -0.369 e.